The second-order valence-corrected chi connectivity index (χ2v) is 7.18. The number of nitrogens with one attached hydrogen (secondary N) is 1. The zero-order chi connectivity index (χ0) is 20.8. The first-order chi connectivity index (χ1) is 13.8. The van der Waals surface area contributed by atoms with Crippen molar-refractivity contribution in [2.75, 3.05) is 5.32 Å². The number of aromatic nitrogens is 3. The Labute approximate surface area is 163 Å². The molecule has 152 valence electrons. The maximum absolute atomic E-state index is 14.5. The molecule has 29 heavy (non-hydrogen) atoms. The normalized spacial score (nSPS) is 16.4. The Balaban J connectivity index is 1.70. The lowest BCUT2D eigenvalue weighted by molar-refractivity contribution is 0.0999. The molecule has 0 radical (unpaired) electrons. The number of nitrogens with zero attached hydrogens (tertiary/aromatic N) is 3. The lowest BCUT2D eigenvalue weighted by Crippen LogP contribution is -2.19. The first kappa shape index (κ1) is 19.5. The number of hydrogen-bond acceptors (Lipinski definition) is 4. The third-order valence-corrected chi connectivity index (χ3v) is 5.35. The third kappa shape index (κ3) is 3.38. The fourth-order valence-electron chi connectivity index (χ4n) is 3.42. The molecule has 0 bridgehead atoms. The Morgan fingerprint density at radius 1 is 1.03 bits per heavy atom. The molecule has 0 saturated heterocycles. The van der Waals surface area contributed by atoms with E-state index in [1.807, 2.05) is 0 Å². The van der Waals surface area contributed by atoms with Gasteiger partial charge in [-0.1, -0.05) is 18.2 Å². The van der Waals surface area contributed by atoms with Crippen LogP contribution >= 0.6 is 0 Å². The minimum Gasteiger partial charge on any atom is -0.363 e. The molecule has 3 aromatic rings. The lowest BCUT2D eigenvalue weighted by atomic mass is 10.0. The number of rotatable bonds is 6. The molecule has 0 amide bonds. The highest BCUT2D eigenvalue weighted by atomic mass is 19.3. The van der Waals surface area contributed by atoms with Crippen LogP contribution < -0.4 is 5.32 Å². The van der Waals surface area contributed by atoms with Gasteiger partial charge in [-0.25, -0.2) is 31.9 Å². The number of alkyl halides is 4. The van der Waals surface area contributed by atoms with Gasteiger partial charge in [0.25, 0.3) is 6.43 Å². The fourth-order valence-corrected chi connectivity index (χ4v) is 3.42. The zero-order valence-electron chi connectivity index (χ0n) is 15.3. The first-order valence-electron chi connectivity index (χ1n) is 9.06. The number of hydrogen-bond donors (Lipinski definition) is 1. The molecule has 1 N–H and O–H groups in total. The van der Waals surface area contributed by atoms with E-state index in [2.05, 4.69) is 20.3 Å². The second kappa shape index (κ2) is 7.20. The minimum absolute atomic E-state index is 0.0510. The van der Waals surface area contributed by atoms with Crippen molar-refractivity contribution in [3.8, 4) is 0 Å². The Hall–Kier alpha value is -2.84. The van der Waals surface area contributed by atoms with Gasteiger partial charge in [-0.15, -0.1) is 0 Å². The molecule has 1 aliphatic carbocycles. The molecular formula is C20H17F5N4. The van der Waals surface area contributed by atoms with Crippen LogP contribution in [0.2, 0.25) is 0 Å². The summed E-state index contributed by atoms with van der Waals surface area (Å²) < 4.78 is 67.3. The standard InChI is InChI=1S/C20H17F5N4/c1-10(11-3-2-4-12(16(11)21)17(22)23)29-18-13-7-15(20(5-6-20)19(24)25)26-8-14(13)27-9-28-18/h2-4,7-10,17,19H,5-6H2,1H3,(H,27,28,29). The van der Waals surface area contributed by atoms with Crippen molar-refractivity contribution in [1.82, 2.24) is 15.0 Å². The Bertz CT molecular complexity index is 1050. The van der Waals surface area contributed by atoms with Gasteiger partial charge in [0.15, 0.2) is 0 Å². The first-order valence-corrected chi connectivity index (χ1v) is 9.06. The van der Waals surface area contributed by atoms with Crippen LogP contribution in [0.5, 0.6) is 0 Å². The van der Waals surface area contributed by atoms with Crippen LogP contribution in [0, 0.1) is 5.82 Å². The highest BCUT2D eigenvalue weighted by molar-refractivity contribution is 5.88. The monoisotopic (exact) mass is 408 g/mol. The molecule has 1 aliphatic rings. The van der Waals surface area contributed by atoms with Crippen molar-refractivity contribution in [2.24, 2.45) is 0 Å². The van der Waals surface area contributed by atoms with E-state index in [4.69, 9.17) is 0 Å². The fraction of sp³-hybridized carbons (Fsp3) is 0.350. The summed E-state index contributed by atoms with van der Waals surface area (Å²) in [4.78, 5) is 12.4. The van der Waals surface area contributed by atoms with Gasteiger partial charge in [0.2, 0.25) is 6.43 Å². The van der Waals surface area contributed by atoms with Crippen molar-refractivity contribution >= 4 is 16.7 Å². The van der Waals surface area contributed by atoms with Gasteiger partial charge in [-0.2, -0.15) is 0 Å². The van der Waals surface area contributed by atoms with E-state index in [-0.39, 0.29) is 17.1 Å². The molecule has 4 nitrogen and oxygen atoms in total. The highest BCUT2D eigenvalue weighted by Crippen LogP contribution is 2.52. The molecule has 1 atom stereocenters. The Kier molecular flexibility index (Phi) is 4.84. The summed E-state index contributed by atoms with van der Waals surface area (Å²) in [6.07, 6.45) is -2.09. The molecule has 1 fully saturated rings. The number of benzene rings is 1. The van der Waals surface area contributed by atoms with Crippen LogP contribution in [0.4, 0.5) is 27.8 Å². The summed E-state index contributed by atoms with van der Waals surface area (Å²) >= 11 is 0. The van der Waals surface area contributed by atoms with E-state index in [0.717, 1.165) is 6.07 Å². The van der Waals surface area contributed by atoms with Gasteiger partial charge in [-0.3, -0.25) is 4.98 Å². The van der Waals surface area contributed by atoms with Gasteiger partial charge < -0.3 is 5.32 Å². The number of halogens is 5. The summed E-state index contributed by atoms with van der Waals surface area (Å²) in [5, 5.41) is 3.45. The largest absolute Gasteiger partial charge is 0.363 e. The van der Waals surface area contributed by atoms with Crippen molar-refractivity contribution in [2.45, 2.75) is 44.1 Å². The molecular weight excluding hydrogens is 391 g/mol. The van der Waals surface area contributed by atoms with Crippen LogP contribution in [0.3, 0.4) is 0 Å². The van der Waals surface area contributed by atoms with Gasteiger partial charge in [0.1, 0.15) is 18.0 Å². The van der Waals surface area contributed by atoms with Crippen molar-refractivity contribution in [3.63, 3.8) is 0 Å². The van der Waals surface area contributed by atoms with Gasteiger partial charge in [0, 0.05) is 10.9 Å². The summed E-state index contributed by atoms with van der Waals surface area (Å²) in [5.74, 6) is -0.698. The Morgan fingerprint density at radius 3 is 2.41 bits per heavy atom. The van der Waals surface area contributed by atoms with Crippen molar-refractivity contribution < 1.29 is 22.0 Å². The number of fused-ring (bicyclic) bond motifs is 1. The van der Waals surface area contributed by atoms with Gasteiger partial charge in [0.05, 0.1) is 34.4 Å². The van der Waals surface area contributed by atoms with Crippen LogP contribution in [0.15, 0.2) is 36.8 Å². The summed E-state index contributed by atoms with van der Waals surface area (Å²) in [5.41, 5.74) is -1.18. The molecule has 2 heterocycles. The average Bonchev–Trinajstić information content (AvgIpc) is 3.50. The zero-order valence-corrected chi connectivity index (χ0v) is 15.3. The number of anilines is 1. The van der Waals surface area contributed by atoms with Gasteiger partial charge in [-0.05, 0) is 25.8 Å². The molecule has 9 heteroatoms. The summed E-state index contributed by atoms with van der Waals surface area (Å²) in [7, 11) is 0. The van der Waals surface area contributed by atoms with Crippen LogP contribution in [0.1, 0.15) is 49.1 Å². The molecule has 0 aliphatic heterocycles. The molecule has 1 aromatic carbocycles. The predicted octanol–water partition coefficient (Wildman–Crippen LogP) is 5.57. The highest BCUT2D eigenvalue weighted by Gasteiger charge is 2.53. The summed E-state index contributed by atoms with van der Waals surface area (Å²) in [6.45, 7) is 1.60. The second-order valence-electron chi connectivity index (χ2n) is 7.18. The van der Waals surface area contributed by atoms with E-state index >= 15 is 0 Å². The molecule has 1 saturated carbocycles. The average molecular weight is 408 g/mol. The van der Waals surface area contributed by atoms with E-state index < -0.39 is 35.7 Å². The van der Waals surface area contributed by atoms with Crippen molar-refractivity contribution in [3.05, 3.63) is 59.4 Å². The SMILES string of the molecule is CC(Nc1ncnc2cnc(C3(C(F)F)CC3)cc12)c1cccc(C(F)F)c1F. The maximum atomic E-state index is 14.5. The topological polar surface area (TPSA) is 50.7 Å². The maximum Gasteiger partial charge on any atom is 0.266 e. The van der Waals surface area contributed by atoms with Crippen molar-refractivity contribution in [1.29, 1.82) is 0 Å². The minimum atomic E-state index is -2.93. The van der Waals surface area contributed by atoms with E-state index in [1.54, 1.807) is 6.92 Å². The molecule has 4 rings (SSSR count). The summed E-state index contributed by atoms with van der Waals surface area (Å²) in [6, 6.07) is 4.62. The Morgan fingerprint density at radius 2 is 1.76 bits per heavy atom. The van der Waals surface area contributed by atoms with E-state index in [1.165, 1.54) is 30.7 Å². The smallest absolute Gasteiger partial charge is 0.266 e. The van der Waals surface area contributed by atoms with Crippen LogP contribution in [-0.4, -0.2) is 21.4 Å². The van der Waals surface area contributed by atoms with Crippen LogP contribution in [-0.2, 0) is 5.41 Å². The van der Waals surface area contributed by atoms with Crippen LogP contribution in [0.25, 0.3) is 10.9 Å². The lowest BCUT2D eigenvalue weighted by Gasteiger charge is -2.19. The molecule has 1 unspecified atom stereocenters. The number of pyridine rings is 1. The predicted molar refractivity (Wildman–Crippen MR) is 97.6 cm³/mol. The molecule has 2 aromatic heterocycles. The quantitative estimate of drug-likeness (QED) is 0.542. The third-order valence-electron chi connectivity index (χ3n) is 5.35. The van der Waals surface area contributed by atoms with E-state index in [9.17, 15) is 22.0 Å². The van der Waals surface area contributed by atoms with Gasteiger partial charge >= 0.3 is 0 Å². The van der Waals surface area contributed by atoms with E-state index in [0.29, 0.717) is 23.7 Å². The molecule has 0 spiro atoms.